The van der Waals surface area contributed by atoms with Gasteiger partial charge in [0.1, 0.15) is 0 Å². The second-order valence-corrected chi connectivity index (χ2v) is 3.25. The van der Waals surface area contributed by atoms with E-state index in [9.17, 15) is 5.11 Å². The van der Waals surface area contributed by atoms with E-state index >= 15 is 0 Å². The van der Waals surface area contributed by atoms with Gasteiger partial charge in [0.25, 0.3) is 0 Å². The van der Waals surface area contributed by atoms with Crippen LogP contribution in [0.4, 0.5) is 0 Å². The van der Waals surface area contributed by atoms with E-state index in [2.05, 4.69) is 25.2 Å². The molecule has 1 atom stereocenters. The molecule has 0 saturated carbocycles. The molecule has 0 radical (unpaired) electrons. The van der Waals surface area contributed by atoms with E-state index in [4.69, 9.17) is 4.74 Å². The third kappa shape index (κ3) is 9.53. The summed E-state index contributed by atoms with van der Waals surface area (Å²) in [5, 5.41) is 12.5. The van der Waals surface area contributed by atoms with E-state index in [1.807, 2.05) is 6.92 Å². The van der Waals surface area contributed by atoms with Crippen LogP contribution in [0.3, 0.4) is 0 Å². The van der Waals surface area contributed by atoms with E-state index in [0.29, 0.717) is 19.8 Å². The van der Waals surface area contributed by atoms with Crippen molar-refractivity contribution in [2.45, 2.75) is 26.9 Å². The van der Waals surface area contributed by atoms with Crippen molar-refractivity contribution < 1.29 is 9.84 Å². The lowest BCUT2D eigenvalue weighted by atomic mass is 10.3. The molecule has 0 aromatic rings. The van der Waals surface area contributed by atoms with Gasteiger partial charge >= 0.3 is 0 Å². The summed E-state index contributed by atoms with van der Waals surface area (Å²) in [4.78, 5) is 0. The topological polar surface area (TPSA) is 41.5 Å². The summed E-state index contributed by atoms with van der Waals surface area (Å²) in [5.41, 5.74) is 1.28. The van der Waals surface area contributed by atoms with Crippen LogP contribution in [-0.4, -0.2) is 37.5 Å². The van der Waals surface area contributed by atoms with Crippen molar-refractivity contribution in [3.8, 4) is 0 Å². The number of allylic oxidation sites excluding steroid dienone is 1. The molecular formula is C10H21NO2. The fourth-order valence-corrected chi connectivity index (χ4v) is 0.839. The summed E-state index contributed by atoms with van der Waals surface area (Å²) >= 11 is 0. The van der Waals surface area contributed by atoms with E-state index in [1.54, 1.807) is 0 Å². The third-order valence-corrected chi connectivity index (χ3v) is 1.55. The monoisotopic (exact) mass is 187 g/mol. The van der Waals surface area contributed by atoms with Crippen molar-refractivity contribution in [2.24, 2.45) is 0 Å². The fourth-order valence-electron chi connectivity index (χ4n) is 0.839. The summed E-state index contributed by atoms with van der Waals surface area (Å²) < 4.78 is 5.07. The first-order valence-electron chi connectivity index (χ1n) is 4.76. The standard InChI is InChI=1S/C10H21NO2/c1-4-13-8-10(12)7-11-6-5-9(2)3/h5,10-12H,4,6-8H2,1-3H3. The molecule has 0 aromatic carbocycles. The highest BCUT2D eigenvalue weighted by atomic mass is 16.5. The quantitative estimate of drug-likeness (QED) is 0.460. The van der Waals surface area contributed by atoms with Crippen LogP contribution < -0.4 is 5.32 Å². The molecule has 13 heavy (non-hydrogen) atoms. The van der Waals surface area contributed by atoms with Gasteiger partial charge in [-0.3, -0.25) is 0 Å². The Morgan fingerprint density at radius 1 is 1.54 bits per heavy atom. The molecule has 0 heterocycles. The van der Waals surface area contributed by atoms with Crippen LogP contribution in [0.1, 0.15) is 20.8 Å². The predicted molar refractivity (Wildman–Crippen MR) is 54.8 cm³/mol. The normalized spacial score (nSPS) is 12.6. The van der Waals surface area contributed by atoms with Gasteiger partial charge in [0.05, 0.1) is 12.7 Å². The molecule has 0 saturated heterocycles. The minimum absolute atomic E-state index is 0.398. The zero-order valence-corrected chi connectivity index (χ0v) is 8.84. The number of hydrogen-bond acceptors (Lipinski definition) is 3. The Hall–Kier alpha value is -0.380. The van der Waals surface area contributed by atoms with E-state index in [-0.39, 0.29) is 0 Å². The first-order chi connectivity index (χ1) is 6.16. The molecule has 0 bridgehead atoms. The Labute approximate surface area is 80.8 Å². The second kappa shape index (κ2) is 8.23. The second-order valence-electron chi connectivity index (χ2n) is 3.25. The van der Waals surface area contributed by atoms with Crippen molar-refractivity contribution in [3.05, 3.63) is 11.6 Å². The molecule has 3 heteroatoms. The van der Waals surface area contributed by atoms with Crippen molar-refractivity contribution in [3.63, 3.8) is 0 Å². The van der Waals surface area contributed by atoms with Crippen molar-refractivity contribution in [1.29, 1.82) is 0 Å². The average Bonchev–Trinajstić information content (AvgIpc) is 2.08. The first-order valence-corrected chi connectivity index (χ1v) is 4.76. The molecule has 0 aliphatic carbocycles. The summed E-state index contributed by atoms with van der Waals surface area (Å²) in [6.07, 6.45) is 1.69. The maximum Gasteiger partial charge on any atom is 0.0897 e. The van der Waals surface area contributed by atoms with Crippen LogP contribution in [0.25, 0.3) is 0 Å². The maximum atomic E-state index is 9.34. The summed E-state index contributed by atoms with van der Waals surface area (Å²) in [6.45, 7) is 8.50. The molecule has 0 rings (SSSR count). The molecule has 0 aliphatic heterocycles. The summed E-state index contributed by atoms with van der Waals surface area (Å²) in [7, 11) is 0. The highest BCUT2D eigenvalue weighted by Crippen LogP contribution is 1.86. The molecule has 0 aliphatic rings. The number of aliphatic hydroxyl groups is 1. The Kier molecular flexibility index (Phi) is 7.99. The van der Waals surface area contributed by atoms with E-state index in [0.717, 1.165) is 6.54 Å². The maximum absolute atomic E-state index is 9.34. The number of ether oxygens (including phenoxy) is 1. The number of hydrogen-bond donors (Lipinski definition) is 2. The Morgan fingerprint density at radius 3 is 2.77 bits per heavy atom. The van der Waals surface area contributed by atoms with Crippen molar-refractivity contribution in [2.75, 3.05) is 26.3 Å². The molecule has 78 valence electrons. The molecule has 0 spiro atoms. The predicted octanol–water partition coefficient (Wildman–Crippen LogP) is 0.940. The highest BCUT2D eigenvalue weighted by Gasteiger charge is 2.01. The molecule has 2 N–H and O–H groups in total. The van der Waals surface area contributed by atoms with Crippen LogP contribution in [0.15, 0.2) is 11.6 Å². The van der Waals surface area contributed by atoms with Gasteiger partial charge < -0.3 is 15.2 Å². The van der Waals surface area contributed by atoms with Gasteiger partial charge in [-0.15, -0.1) is 0 Å². The SMILES string of the molecule is CCOCC(O)CNCC=C(C)C. The fraction of sp³-hybridized carbons (Fsp3) is 0.800. The van der Waals surface area contributed by atoms with Gasteiger partial charge in [0, 0.05) is 19.7 Å². The van der Waals surface area contributed by atoms with Crippen molar-refractivity contribution in [1.82, 2.24) is 5.32 Å². The lowest BCUT2D eigenvalue weighted by molar-refractivity contribution is 0.0434. The molecule has 1 unspecified atom stereocenters. The van der Waals surface area contributed by atoms with E-state index < -0.39 is 6.10 Å². The zero-order valence-electron chi connectivity index (χ0n) is 8.84. The van der Waals surface area contributed by atoms with Gasteiger partial charge in [0.2, 0.25) is 0 Å². The van der Waals surface area contributed by atoms with Gasteiger partial charge in [-0.1, -0.05) is 11.6 Å². The molecule has 0 aromatic heterocycles. The van der Waals surface area contributed by atoms with Crippen LogP contribution in [0.2, 0.25) is 0 Å². The van der Waals surface area contributed by atoms with Crippen LogP contribution in [-0.2, 0) is 4.74 Å². The molecular weight excluding hydrogens is 166 g/mol. The lowest BCUT2D eigenvalue weighted by Gasteiger charge is -2.10. The van der Waals surface area contributed by atoms with Gasteiger partial charge in [-0.2, -0.15) is 0 Å². The minimum Gasteiger partial charge on any atom is -0.389 e. The van der Waals surface area contributed by atoms with Crippen molar-refractivity contribution >= 4 is 0 Å². The Balaban J connectivity index is 3.26. The lowest BCUT2D eigenvalue weighted by Crippen LogP contribution is -2.30. The van der Waals surface area contributed by atoms with Gasteiger partial charge in [-0.25, -0.2) is 0 Å². The Bertz CT molecular complexity index is 142. The molecule has 3 nitrogen and oxygen atoms in total. The molecule has 0 amide bonds. The molecule has 0 fully saturated rings. The third-order valence-electron chi connectivity index (χ3n) is 1.55. The van der Waals surface area contributed by atoms with Crippen LogP contribution in [0, 0.1) is 0 Å². The van der Waals surface area contributed by atoms with Gasteiger partial charge in [0.15, 0.2) is 0 Å². The first kappa shape index (κ1) is 12.6. The number of nitrogens with one attached hydrogen (secondary N) is 1. The Morgan fingerprint density at radius 2 is 2.23 bits per heavy atom. The number of rotatable bonds is 7. The summed E-state index contributed by atoms with van der Waals surface area (Å²) in [6, 6.07) is 0. The smallest absolute Gasteiger partial charge is 0.0897 e. The highest BCUT2D eigenvalue weighted by molar-refractivity contribution is 4.94. The summed E-state index contributed by atoms with van der Waals surface area (Å²) in [5.74, 6) is 0. The van der Waals surface area contributed by atoms with Crippen LogP contribution in [0.5, 0.6) is 0 Å². The van der Waals surface area contributed by atoms with Crippen LogP contribution >= 0.6 is 0 Å². The average molecular weight is 187 g/mol. The minimum atomic E-state index is -0.398. The van der Waals surface area contributed by atoms with Gasteiger partial charge in [-0.05, 0) is 20.8 Å². The van der Waals surface area contributed by atoms with E-state index in [1.165, 1.54) is 5.57 Å². The largest absolute Gasteiger partial charge is 0.389 e. The number of aliphatic hydroxyl groups excluding tert-OH is 1. The zero-order chi connectivity index (χ0) is 10.1.